The molecule has 0 unspecified atom stereocenters. The average molecular weight is 314 g/mol. The molecule has 3 heterocycles. The van der Waals surface area contributed by atoms with Gasteiger partial charge in [-0.25, -0.2) is 0 Å². The maximum Gasteiger partial charge on any atom is 0.227 e. The molecule has 1 saturated heterocycles. The van der Waals surface area contributed by atoms with E-state index in [0.717, 1.165) is 31.6 Å². The number of aromatic nitrogens is 3. The van der Waals surface area contributed by atoms with E-state index in [9.17, 15) is 4.79 Å². The third-order valence-corrected chi connectivity index (χ3v) is 4.38. The SMILES string of the molecule is Cc1ccc(C2CCN(C(=O)CCc3nc(C)no3)CC2)cn1. The second-order valence-electron chi connectivity index (χ2n) is 6.12. The first-order valence-corrected chi connectivity index (χ1v) is 8.11. The summed E-state index contributed by atoms with van der Waals surface area (Å²) in [5.74, 6) is 1.82. The standard InChI is InChI=1S/C17H22N4O2/c1-12-3-4-15(11-18-12)14-7-9-21(10-8-14)17(22)6-5-16-19-13(2)20-23-16/h3-4,11,14H,5-10H2,1-2H3. The molecule has 2 aromatic rings. The molecule has 0 radical (unpaired) electrons. The molecule has 0 aromatic carbocycles. The van der Waals surface area contributed by atoms with Crippen molar-refractivity contribution in [1.29, 1.82) is 0 Å². The molecule has 1 aliphatic rings. The minimum absolute atomic E-state index is 0.168. The van der Waals surface area contributed by atoms with Gasteiger partial charge < -0.3 is 9.42 Å². The second kappa shape index (κ2) is 6.89. The van der Waals surface area contributed by atoms with Crippen molar-refractivity contribution in [3.8, 4) is 0 Å². The molecule has 6 nitrogen and oxygen atoms in total. The summed E-state index contributed by atoms with van der Waals surface area (Å²) in [6.45, 7) is 5.38. The zero-order chi connectivity index (χ0) is 16.2. The smallest absolute Gasteiger partial charge is 0.227 e. The van der Waals surface area contributed by atoms with Crippen molar-refractivity contribution in [3.05, 3.63) is 41.3 Å². The first-order valence-electron chi connectivity index (χ1n) is 8.11. The molecule has 1 aliphatic heterocycles. The minimum atomic E-state index is 0.168. The van der Waals surface area contributed by atoms with E-state index in [0.29, 0.717) is 30.5 Å². The van der Waals surface area contributed by atoms with Crippen LogP contribution in [0.5, 0.6) is 0 Å². The Morgan fingerprint density at radius 1 is 1.30 bits per heavy atom. The Hall–Kier alpha value is -2.24. The Labute approximate surface area is 135 Å². The van der Waals surface area contributed by atoms with Gasteiger partial charge >= 0.3 is 0 Å². The van der Waals surface area contributed by atoms with E-state index in [2.05, 4.69) is 27.3 Å². The number of amides is 1. The molecule has 1 fully saturated rings. The van der Waals surface area contributed by atoms with Crippen molar-refractivity contribution in [2.24, 2.45) is 0 Å². The summed E-state index contributed by atoms with van der Waals surface area (Å²) in [6.07, 6.45) is 4.90. The van der Waals surface area contributed by atoms with Crippen molar-refractivity contribution in [3.63, 3.8) is 0 Å². The van der Waals surface area contributed by atoms with E-state index < -0.39 is 0 Å². The largest absolute Gasteiger partial charge is 0.343 e. The van der Waals surface area contributed by atoms with E-state index in [1.54, 1.807) is 6.92 Å². The van der Waals surface area contributed by atoms with Crippen LogP contribution >= 0.6 is 0 Å². The summed E-state index contributed by atoms with van der Waals surface area (Å²) in [4.78, 5) is 22.7. The number of hydrogen-bond acceptors (Lipinski definition) is 5. The highest BCUT2D eigenvalue weighted by atomic mass is 16.5. The van der Waals surface area contributed by atoms with Crippen LogP contribution in [-0.4, -0.2) is 39.0 Å². The van der Waals surface area contributed by atoms with Crippen molar-refractivity contribution < 1.29 is 9.32 Å². The Balaban J connectivity index is 1.48. The Morgan fingerprint density at radius 2 is 2.09 bits per heavy atom. The van der Waals surface area contributed by atoms with E-state index in [1.807, 2.05) is 18.0 Å². The first-order chi connectivity index (χ1) is 11.1. The summed E-state index contributed by atoms with van der Waals surface area (Å²) in [5, 5.41) is 3.74. The third kappa shape index (κ3) is 3.94. The normalized spacial score (nSPS) is 15.8. The Kier molecular flexibility index (Phi) is 4.69. The molecule has 3 rings (SSSR count). The topological polar surface area (TPSA) is 72.1 Å². The molecule has 1 amide bonds. The van der Waals surface area contributed by atoms with E-state index >= 15 is 0 Å². The lowest BCUT2D eigenvalue weighted by Gasteiger charge is -2.32. The molecule has 0 N–H and O–H groups in total. The van der Waals surface area contributed by atoms with Crippen molar-refractivity contribution in [1.82, 2.24) is 20.0 Å². The highest BCUT2D eigenvalue weighted by Gasteiger charge is 2.24. The molecule has 0 bridgehead atoms. The highest BCUT2D eigenvalue weighted by molar-refractivity contribution is 5.76. The van der Waals surface area contributed by atoms with Gasteiger partial charge in [-0.05, 0) is 44.2 Å². The maximum atomic E-state index is 12.3. The van der Waals surface area contributed by atoms with Gasteiger partial charge in [-0.1, -0.05) is 11.2 Å². The molecular weight excluding hydrogens is 292 g/mol. The summed E-state index contributed by atoms with van der Waals surface area (Å²) >= 11 is 0. The maximum absolute atomic E-state index is 12.3. The number of aryl methyl sites for hydroxylation is 3. The van der Waals surface area contributed by atoms with Crippen LogP contribution in [0.2, 0.25) is 0 Å². The summed E-state index contributed by atoms with van der Waals surface area (Å²) in [6, 6.07) is 4.21. The van der Waals surface area contributed by atoms with Crippen LogP contribution in [0.4, 0.5) is 0 Å². The van der Waals surface area contributed by atoms with Crippen LogP contribution < -0.4 is 0 Å². The molecule has 122 valence electrons. The third-order valence-electron chi connectivity index (χ3n) is 4.38. The van der Waals surface area contributed by atoms with Gasteiger partial charge in [-0.3, -0.25) is 9.78 Å². The number of nitrogens with zero attached hydrogens (tertiary/aromatic N) is 4. The number of carbonyl (C=O) groups excluding carboxylic acids is 1. The second-order valence-corrected chi connectivity index (χ2v) is 6.12. The fourth-order valence-electron chi connectivity index (χ4n) is 3.00. The minimum Gasteiger partial charge on any atom is -0.343 e. The number of pyridine rings is 1. The van der Waals surface area contributed by atoms with Gasteiger partial charge in [0.15, 0.2) is 5.82 Å². The predicted octanol–water partition coefficient (Wildman–Crippen LogP) is 2.42. The molecule has 0 aliphatic carbocycles. The van der Waals surface area contributed by atoms with Gasteiger partial charge in [0.25, 0.3) is 0 Å². The van der Waals surface area contributed by atoms with E-state index in [4.69, 9.17) is 4.52 Å². The molecular formula is C17H22N4O2. The van der Waals surface area contributed by atoms with E-state index in [-0.39, 0.29) is 5.91 Å². The van der Waals surface area contributed by atoms with Gasteiger partial charge in [0.2, 0.25) is 11.8 Å². The predicted molar refractivity (Wildman–Crippen MR) is 84.9 cm³/mol. The van der Waals surface area contributed by atoms with Crippen LogP contribution in [0.1, 0.15) is 48.2 Å². The number of rotatable bonds is 4. The van der Waals surface area contributed by atoms with Crippen LogP contribution in [0.25, 0.3) is 0 Å². The first kappa shape index (κ1) is 15.6. The summed E-state index contributed by atoms with van der Waals surface area (Å²) in [5.41, 5.74) is 2.32. The zero-order valence-electron chi connectivity index (χ0n) is 13.7. The molecule has 0 atom stereocenters. The molecule has 0 spiro atoms. The average Bonchev–Trinajstić information content (AvgIpc) is 2.99. The highest BCUT2D eigenvalue weighted by Crippen LogP contribution is 2.27. The number of piperidine rings is 1. The van der Waals surface area contributed by atoms with Crippen LogP contribution in [-0.2, 0) is 11.2 Å². The molecule has 23 heavy (non-hydrogen) atoms. The van der Waals surface area contributed by atoms with Crippen LogP contribution in [0, 0.1) is 13.8 Å². The van der Waals surface area contributed by atoms with Crippen molar-refractivity contribution >= 4 is 5.91 Å². The van der Waals surface area contributed by atoms with Gasteiger partial charge in [-0.15, -0.1) is 0 Å². The summed E-state index contributed by atoms with van der Waals surface area (Å²) < 4.78 is 5.05. The molecule has 2 aromatic heterocycles. The fraction of sp³-hybridized carbons (Fsp3) is 0.529. The Bertz CT molecular complexity index is 657. The molecule has 0 saturated carbocycles. The van der Waals surface area contributed by atoms with Gasteiger partial charge in [0.05, 0.1) is 0 Å². The molecule has 6 heteroatoms. The number of likely N-dealkylation sites (tertiary alicyclic amines) is 1. The van der Waals surface area contributed by atoms with E-state index in [1.165, 1.54) is 5.56 Å². The quantitative estimate of drug-likeness (QED) is 0.866. The lowest BCUT2D eigenvalue weighted by Crippen LogP contribution is -2.38. The fourth-order valence-corrected chi connectivity index (χ4v) is 3.00. The number of hydrogen-bond donors (Lipinski definition) is 0. The van der Waals surface area contributed by atoms with Crippen molar-refractivity contribution in [2.75, 3.05) is 13.1 Å². The van der Waals surface area contributed by atoms with Crippen molar-refractivity contribution in [2.45, 2.75) is 45.4 Å². The summed E-state index contributed by atoms with van der Waals surface area (Å²) in [7, 11) is 0. The van der Waals surface area contributed by atoms with Gasteiger partial charge in [-0.2, -0.15) is 4.98 Å². The van der Waals surface area contributed by atoms with Gasteiger partial charge in [0, 0.05) is 37.8 Å². The van der Waals surface area contributed by atoms with Gasteiger partial charge in [0.1, 0.15) is 0 Å². The Morgan fingerprint density at radius 3 is 2.70 bits per heavy atom. The monoisotopic (exact) mass is 314 g/mol. The lowest BCUT2D eigenvalue weighted by molar-refractivity contribution is -0.132. The number of carbonyl (C=O) groups is 1. The lowest BCUT2D eigenvalue weighted by atomic mass is 9.90. The van der Waals surface area contributed by atoms with Crippen LogP contribution in [0.15, 0.2) is 22.9 Å². The van der Waals surface area contributed by atoms with Crippen LogP contribution in [0.3, 0.4) is 0 Å². The zero-order valence-corrected chi connectivity index (χ0v) is 13.7.